The fraction of sp³-hybridized carbons (Fsp3) is 0.278. The third-order valence-corrected chi connectivity index (χ3v) is 5.69. The van der Waals surface area contributed by atoms with Crippen molar-refractivity contribution in [3.63, 3.8) is 0 Å². The van der Waals surface area contributed by atoms with Crippen molar-refractivity contribution in [2.45, 2.75) is 23.2 Å². The van der Waals surface area contributed by atoms with Crippen LogP contribution < -0.4 is 9.46 Å². The van der Waals surface area contributed by atoms with Crippen LogP contribution in [0.3, 0.4) is 0 Å². The van der Waals surface area contributed by atoms with Gasteiger partial charge in [0.25, 0.3) is 0 Å². The third-order valence-electron chi connectivity index (χ3n) is 3.81. The summed E-state index contributed by atoms with van der Waals surface area (Å²) >= 11 is 6.19. The molecule has 0 aliphatic heterocycles. The number of nitrogens with one attached hydrogen (secondary N) is 1. The molecule has 140 valence electrons. The molecule has 0 fully saturated rings. The van der Waals surface area contributed by atoms with Crippen molar-refractivity contribution in [1.82, 2.24) is 4.72 Å². The number of benzene rings is 2. The second-order valence-electron chi connectivity index (χ2n) is 5.61. The van der Waals surface area contributed by atoms with Gasteiger partial charge in [-0.3, -0.25) is 4.79 Å². The van der Waals surface area contributed by atoms with Crippen LogP contribution in [0.4, 0.5) is 0 Å². The lowest BCUT2D eigenvalue weighted by Crippen LogP contribution is -2.38. The average molecular weight is 398 g/mol. The Bertz CT molecular complexity index is 850. The van der Waals surface area contributed by atoms with Crippen molar-refractivity contribution in [2.75, 3.05) is 14.2 Å². The van der Waals surface area contributed by atoms with Crippen LogP contribution in [0.15, 0.2) is 53.4 Å². The third kappa shape index (κ3) is 4.75. The van der Waals surface area contributed by atoms with Gasteiger partial charge in [-0.15, -0.1) is 11.6 Å². The van der Waals surface area contributed by atoms with Gasteiger partial charge in [0.1, 0.15) is 5.75 Å². The van der Waals surface area contributed by atoms with Crippen LogP contribution >= 0.6 is 11.6 Å². The van der Waals surface area contributed by atoms with Gasteiger partial charge < -0.3 is 9.47 Å². The number of hydrogen-bond acceptors (Lipinski definition) is 5. The predicted octanol–water partition coefficient (Wildman–Crippen LogP) is 2.80. The molecule has 0 aliphatic rings. The number of carbonyl (C=O) groups is 1. The second-order valence-corrected chi connectivity index (χ2v) is 7.79. The lowest BCUT2D eigenvalue weighted by Gasteiger charge is -2.22. The maximum Gasteiger partial charge on any atom is 0.325 e. The standard InChI is InChI=1S/C18H20ClNO5S/c1-12-4-10-15(11-5-12)26(22,23)20-17(16(19)18(21)25-3)13-6-8-14(24-2)9-7-13/h4-11,16-17,20H,1-3H3/t16-,17-/m1/s1. The number of alkyl halides is 1. The SMILES string of the molecule is COC(=O)[C@H](Cl)[C@H](NS(=O)(=O)c1ccc(C)cc1)c1ccc(OC)cc1. The number of aryl methyl sites for hydroxylation is 1. The molecule has 0 heterocycles. The second kappa shape index (κ2) is 8.53. The molecular weight excluding hydrogens is 378 g/mol. The van der Waals surface area contributed by atoms with Crippen molar-refractivity contribution in [3.05, 3.63) is 59.7 Å². The number of hydrogen-bond donors (Lipinski definition) is 1. The van der Waals surface area contributed by atoms with Crippen molar-refractivity contribution in [2.24, 2.45) is 0 Å². The minimum absolute atomic E-state index is 0.0790. The van der Waals surface area contributed by atoms with Gasteiger partial charge in [0.05, 0.1) is 25.2 Å². The van der Waals surface area contributed by atoms with Crippen LogP contribution in [-0.4, -0.2) is 34.0 Å². The Balaban J connectivity index is 2.39. The lowest BCUT2D eigenvalue weighted by atomic mass is 10.0. The van der Waals surface area contributed by atoms with Gasteiger partial charge >= 0.3 is 5.97 Å². The van der Waals surface area contributed by atoms with E-state index in [1.165, 1.54) is 26.4 Å². The van der Waals surface area contributed by atoms with Gasteiger partial charge in [0.2, 0.25) is 10.0 Å². The quantitative estimate of drug-likeness (QED) is 0.574. The van der Waals surface area contributed by atoms with E-state index >= 15 is 0 Å². The number of ether oxygens (including phenoxy) is 2. The molecule has 0 aliphatic carbocycles. The Labute approximate surface area is 158 Å². The first-order valence-electron chi connectivity index (χ1n) is 7.73. The highest BCUT2D eigenvalue weighted by atomic mass is 35.5. The smallest absolute Gasteiger partial charge is 0.325 e. The molecule has 2 aromatic rings. The molecule has 0 saturated heterocycles. The first-order valence-corrected chi connectivity index (χ1v) is 9.65. The topological polar surface area (TPSA) is 81.7 Å². The van der Waals surface area contributed by atoms with Crippen molar-refractivity contribution in [3.8, 4) is 5.75 Å². The van der Waals surface area contributed by atoms with Crippen LogP contribution in [0.1, 0.15) is 17.2 Å². The Morgan fingerprint density at radius 2 is 1.62 bits per heavy atom. The monoisotopic (exact) mass is 397 g/mol. The van der Waals surface area contributed by atoms with Gasteiger partial charge in [-0.2, -0.15) is 0 Å². The van der Waals surface area contributed by atoms with E-state index in [-0.39, 0.29) is 4.90 Å². The number of rotatable bonds is 7. The van der Waals surface area contributed by atoms with Gasteiger partial charge in [-0.1, -0.05) is 29.8 Å². The van der Waals surface area contributed by atoms with Crippen LogP contribution in [-0.2, 0) is 19.6 Å². The van der Waals surface area contributed by atoms with E-state index < -0.39 is 27.4 Å². The molecule has 2 rings (SSSR count). The molecule has 0 bridgehead atoms. The summed E-state index contributed by atoms with van der Waals surface area (Å²) in [6.45, 7) is 1.86. The van der Waals surface area contributed by atoms with Gasteiger partial charge in [-0.05, 0) is 36.8 Å². The van der Waals surface area contributed by atoms with Gasteiger partial charge in [0, 0.05) is 0 Å². The van der Waals surface area contributed by atoms with E-state index in [0.717, 1.165) is 5.56 Å². The van der Waals surface area contributed by atoms with Crippen molar-refractivity contribution < 1.29 is 22.7 Å². The van der Waals surface area contributed by atoms with E-state index in [2.05, 4.69) is 9.46 Å². The molecule has 0 aromatic heterocycles. The Hall–Kier alpha value is -2.09. The summed E-state index contributed by atoms with van der Waals surface area (Å²) in [5.41, 5.74) is 1.44. The first-order chi connectivity index (χ1) is 12.3. The molecule has 0 radical (unpaired) electrons. The molecule has 8 heteroatoms. The molecule has 0 saturated carbocycles. The molecule has 6 nitrogen and oxygen atoms in total. The minimum atomic E-state index is -3.90. The Morgan fingerprint density at radius 3 is 2.12 bits per heavy atom. The highest BCUT2D eigenvalue weighted by Crippen LogP contribution is 2.26. The predicted molar refractivity (Wildman–Crippen MR) is 98.9 cm³/mol. The van der Waals surface area contributed by atoms with Crippen LogP contribution in [0, 0.1) is 6.92 Å². The highest BCUT2D eigenvalue weighted by molar-refractivity contribution is 7.89. The van der Waals surface area contributed by atoms with Gasteiger partial charge in [-0.25, -0.2) is 13.1 Å². The van der Waals surface area contributed by atoms with Crippen molar-refractivity contribution in [1.29, 1.82) is 0 Å². The summed E-state index contributed by atoms with van der Waals surface area (Å²) in [7, 11) is -1.19. The number of sulfonamides is 1. The maximum atomic E-state index is 12.7. The van der Waals surface area contributed by atoms with Crippen molar-refractivity contribution >= 4 is 27.6 Å². The molecule has 0 unspecified atom stereocenters. The Kier molecular flexibility index (Phi) is 6.63. The summed E-state index contributed by atoms with van der Waals surface area (Å²) in [5, 5.41) is -1.24. The summed E-state index contributed by atoms with van der Waals surface area (Å²) in [6, 6.07) is 11.9. The van der Waals surface area contributed by atoms with E-state index in [1.54, 1.807) is 36.4 Å². The summed E-state index contributed by atoms with van der Waals surface area (Å²) in [4.78, 5) is 12.0. The summed E-state index contributed by atoms with van der Waals surface area (Å²) in [6.07, 6.45) is 0. The molecule has 2 atom stereocenters. The number of carbonyl (C=O) groups excluding carboxylic acids is 1. The molecule has 1 N–H and O–H groups in total. The van der Waals surface area contributed by atoms with E-state index in [4.69, 9.17) is 16.3 Å². The number of esters is 1. The number of halogens is 1. The van der Waals surface area contributed by atoms with E-state index in [9.17, 15) is 13.2 Å². The van der Waals surface area contributed by atoms with Crippen LogP contribution in [0.2, 0.25) is 0 Å². The summed E-state index contributed by atoms with van der Waals surface area (Å²) in [5.74, 6) is -0.142. The Morgan fingerprint density at radius 1 is 1.04 bits per heavy atom. The minimum Gasteiger partial charge on any atom is -0.497 e. The molecule has 2 aromatic carbocycles. The van der Waals surface area contributed by atoms with E-state index in [0.29, 0.717) is 11.3 Å². The molecule has 0 amide bonds. The van der Waals surface area contributed by atoms with E-state index in [1.807, 2.05) is 6.92 Å². The highest BCUT2D eigenvalue weighted by Gasteiger charge is 2.32. The van der Waals surface area contributed by atoms with Crippen LogP contribution in [0.25, 0.3) is 0 Å². The maximum absolute atomic E-state index is 12.7. The van der Waals surface area contributed by atoms with Gasteiger partial charge in [0.15, 0.2) is 5.38 Å². The lowest BCUT2D eigenvalue weighted by molar-refractivity contribution is -0.140. The largest absolute Gasteiger partial charge is 0.497 e. The number of methoxy groups -OCH3 is 2. The fourth-order valence-electron chi connectivity index (χ4n) is 2.31. The average Bonchev–Trinajstić information content (AvgIpc) is 2.65. The summed E-state index contributed by atoms with van der Waals surface area (Å²) < 4.78 is 37.7. The molecule has 0 spiro atoms. The molecular formula is C18H20ClNO5S. The zero-order chi connectivity index (χ0) is 19.3. The molecule has 26 heavy (non-hydrogen) atoms. The zero-order valence-corrected chi connectivity index (χ0v) is 16.2. The zero-order valence-electron chi connectivity index (χ0n) is 14.6. The first kappa shape index (κ1) is 20.2. The normalized spacial score (nSPS) is 13.7. The fourth-order valence-corrected chi connectivity index (χ4v) is 3.92. The van der Waals surface area contributed by atoms with Crippen LogP contribution in [0.5, 0.6) is 5.75 Å².